The first-order valence-corrected chi connectivity index (χ1v) is 5.73. The molecule has 0 bridgehead atoms. The molecule has 0 heterocycles. The van der Waals surface area contributed by atoms with Crippen LogP contribution in [0.5, 0.6) is 0 Å². The second-order valence-corrected chi connectivity index (χ2v) is 4.82. The molecule has 0 unspecified atom stereocenters. The van der Waals surface area contributed by atoms with Crippen LogP contribution in [0.15, 0.2) is 18.2 Å². The Kier molecular flexibility index (Phi) is 4.81. The van der Waals surface area contributed by atoms with Gasteiger partial charge < -0.3 is 15.5 Å². The quantitative estimate of drug-likeness (QED) is 0.724. The fraction of sp³-hybridized carbons (Fsp3) is 0.462. The van der Waals surface area contributed by atoms with Gasteiger partial charge in [0.2, 0.25) is 0 Å². The van der Waals surface area contributed by atoms with Crippen molar-refractivity contribution in [3.63, 3.8) is 0 Å². The van der Waals surface area contributed by atoms with Gasteiger partial charge in [-0.2, -0.15) is 0 Å². The summed E-state index contributed by atoms with van der Waals surface area (Å²) in [6.45, 7) is 4.04. The Morgan fingerprint density at radius 3 is 2.67 bits per heavy atom. The van der Waals surface area contributed by atoms with Crippen molar-refractivity contribution in [2.24, 2.45) is 0 Å². The zero-order valence-corrected chi connectivity index (χ0v) is 10.5. The summed E-state index contributed by atoms with van der Waals surface area (Å²) in [7, 11) is 0. The highest BCUT2D eigenvalue weighted by molar-refractivity contribution is 5.87. The molecule has 0 aromatic heterocycles. The summed E-state index contributed by atoms with van der Waals surface area (Å²) < 4.78 is 13.5. The molecule has 3 N–H and O–H groups in total. The molecule has 0 atom stereocenters. The van der Waals surface area contributed by atoms with Crippen LogP contribution in [0.1, 0.15) is 36.2 Å². The highest BCUT2D eigenvalue weighted by Crippen LogP contribution is 2.14. The summed E-state index contributed by atoms with van der Waals surface area (Å²) in [6.07, 6.45) is 0.535. The zero-order chi connectivity index (χ0) is 13.8. The number of aliphatic hydroxyl groups is 1. The first kappa shape index (κ1) is 14.6. The van der Waals surface area contributed by atoms with Crippen molar-refractivity contribution in [2.75, 3.05) is 6.61 Å². The van der Waals surface area contributed by atoms with Crippen LogP contribution in [0.2, 0.25) is 0 Å². The highest BCUT2D eigenvalue weighted by Gasteiger charge is 2.17. The van der Waals surface area contributed by atoms with Crippen molar-refractivity contribution in [3.8, 4) is 0 Å². The van der Waals surface area contributed by atoms with Crippen LogP contribution in [0.4, 0.5) is 4.39 Å². The van der Waals surface area contributed by atoms with E-state index in [9.17, 15) is 9.18 Å². The molecule has 1 aromatic carbocycles. The van der Waals surface area contributed by atoms with Crippen LogP contribution < -0.4 is 5.32 Å². The van der Waals surface area contributed by atoms with Gasteiger partial charge in [0.25, 0.3) is 0 Å². The third kappa shape index (κ3) is 4.09. The Morgan fingerprint density at radius 2 is 2.11 bits per heavy atom. The molecule has 5 heteroatoms. The minimum Gasteiger partial charge on any atom is -0.478 e. The van der Waals surface area contributed by atoms with E-state index < -0.39 is 11.8 Å². The molecular formula is C13H18FNO3. The number of aliphatic hydroxyl groups excluding tert-OH is 1. The second-order valence-electron chi connectivity index (χ2n) is 4.82. The van der Waals surface area contributed by atoms with Gasteiger partial charge >= 0.3 is 5.97 Å². The molecule has 0 aliphatic rings. The summed E-state index contributed by atoms with van der Waals surface area (Å²) in [6, 6.07) is 3.71. The molecule has 0 fully saturated rings. The van der Waals surface area contributed by atoms with Gasteiger partial charge in [0, 0.05) is 24.3 Å². The van der Waals surface area contributed by atoms with Crippen LogP contribution in [0, 0.1) is 5.82 Å². The average molecular weight is 255 g/mol. The molecule has 18 heavy (non-hydrogen) atoms. The average Bonchev–Trinajstić information content (AvgIpc) is 2.27. The Balaban J connectivity index is 2.78. The van der Waals surface area contributed by atoms with E-state index in [4.69, 9.17) is 10.2 Å². The van der Waals surface area contributed by atoms with Gasteiger partial charge in [-0.25, -0.2) is 9.18 Å². The van der Waals surface area contributed by atoms with Crippen molar-refractivity contribution in [1.82, 2.24) is 5.32 Å². The molecule has 0 amide bonds. The number of carboxylic acids is 1. The number of benzene rings is 1. The van der Waals surface area contributed by atoms with Crippen molar-refractivity contribution in [3.05, 3.63) is 35.1 Å². The van der Waals surface area contributed by atoms with Gasteiger partial charge in [0.15, 0.2) is 0 Å². The van der Waals surface area contributed by atoms with Crippen molar-refractivity contribution >= 4 is 5.97 Å². The van der Waals surface area contributed by atoms with Gasteiger partial charge in [-0.1, -0.05) is 0 Å². The maximum Gasteiger partial charge on any atom is 0.335 e. The molecule has 0 radical (unpaired) electrons. The van der Waals surface area contributed by atoms with Gasteiger partial charge in [0.1, 0.15) is 5.82 Å². The largest absolute Gasteiger partial charge is 0.478 e. The van der Waals surface area contributed by atoms with Gasteiger partial charge in [-0.15, -0.1) is 0 Å². The van der Waals surface area contributed by atoms with E-state index >= 15 is 0 Å². The van der Waals surface area contributed by atoms with Crippen LogP contribution in [0.25, 0.3) is 0 Å². The Labute approximate surface area is 105 Å². The predicted molar refractivity (Wildman–Crippen MR) is 66.0 cm³/mol. The summed E-state index contributed by atoms with van der Waals surface area (Å²) in [4.78, 5) is 10.8. The third-order valence-corrected chi connectivity index (χ3v) is 2.79. The smallest absolute Gasteiger partial charge is 0.335 e. The fourth-order valence-corrected chi connectivity index (χ4v) is 1.55. The van der Waals surface area contributed by atoms with E-state index in [2.05, 4.69) is 5.32 Å². The lowest BCUT2D eigenvalue weighted by atomic mass is 10.0. The monoisotopic (exact) mass is 255 g/mol. The summed E-state index contributed by atoms with van der Waals surface area (Å²) in [5.41, 5.74) is 0.0366. The van der Waals surface area contributed by atoms with Crippen LogP contribution >= 0.6 is 0 Å². The fourth-order valence-electron chi connectivity index (χ4n) is 1.55. The van der Waals surface area contributed by atoms with Crippen molar-refractivity contribution in [1.29, 1.82) is 0 Å². The maximum atomic E-state index is 13.5. The van der Waals surface area contributed by atoms with Gasteiger partial charge in [0.05, 0.1) is 5.56 Å². The molecule has 0 spiro atoms. The van der Waals surface area contributed by atoms with Crippen LogP contribution in [0.3, 0.4) is 0 Å². The molecule has 4 nitrogen and oxygen atoms in total. The number of hydrogen-bond donors (Lipinski definition) is 3. The Morgan fingerprint density at radius 1 is 1.44 bits per heavy atom. The maximum absolute atomic E-state index is 13.5. The normalized spacial score (nSPS) is 11.6. The minimum absolute atomic E-state index is 0.0393. The third-order valence-electron chi connectivity index (χ3n) is 2.79. The number of nitrogens with one attached hydrogen (secondary N) is 1. The van der Waals surface area contributed by atoms with E-state index in [0.29, 0.717) is 12.0 Å². The number of aromatic carboxylic acids is 1. The number of hydrogen-bond acceptors (Lipinski definition) is 3. The summed E-state index contributed by atoms with van der Waals surface area (Å²) >= 11 is 0. The number of carboxylic acid groups (broad SMARTS) is 1. The Hall–Kier alpha value is -1.46. The van der Waals surface area contributed by atoms with E-state index in [-0.39, 0.29) is 24.3 Å². The first-order valence-electron chi connectivity index (χ1n) is 5.73. The molecule has 0 aliphatic carbocycles. The molecular weight excluding hydrogens is 237 g/mol. The zero-order valence-electron chi connectivity index (χ0n) is 10.5. The predicted octanol–water partition coefficient (Wildman–Crippen LogP) is 1.77. The van der Waals surface area contributed by atoms with E-state index in [1.807, 2.05) is 13.8 Å². The molecule has 1 aromatic rings. The van der Waals surface area contributed by atoms with Gasteiger partial charge in [-0.05, 0) is 38.5 Å². The molecule has 1 rings (SSSR count). The second kappa shape index (κ2) is 5.93. The van der Waals surface area contributed by atoms with Gasteiger partial charge in [-0.3, -0.25) is 0 Å². The van der Waals surface area contributed by atoms with E-state index in [0.717, 1.165) is 6.07 Å². The number of rotatable bonds is 6. The molecule has 100 valence electrons. The molecule has 0 saturated heterocycles. The molecule has 0 saturated carbocycles. The number of carbonyl (C=O) groups is 1. The lowest BCUT2D eigenvalue weighted by Crippen LogP contribution is -2.39. The SMILES string of the molecule is CC(C)(CCO)NCc1cc(C(=O)O)ccc1F. The lowest BCUT2D eigenvalue weighted by molar-refractivity contribution is 0.0696. The molecule has 0 aliphatic heterocycles. The highest BCUT2D eigenvalue weighted by atomic mass is 19.1. The summed E-state index contributed by atoms with van der Waals surface area (Å²) in [5.74, 6) is -1.52. The van der Waals surface area contributed by atoms with Crippen molar-refractivity contribution in [2.45, 2.75) is 32.4 Å². The number of halogens is 1. The standard InChI is InChI=1S/C13H18FNO3/c1-13(2,5-6-16)15-8-10-7-9(12(17)18)3-4-11(10)14/h3-4,7,15-16H,5-6,8H2,1-2H3,(H,17,18). The van der Waals surface area contributed by atoms with Crippen molar-refractivity contribution < 1.29 is 19.4 Å². The van der Waals surface area contributed by atoms with E-state index in [1.165, 1.54) is 12.1 Å². The van der Waals surface area contributed by atoms with E-state index in [1.54, 1.807) is 0 Å². The topological polar surface area (TPSA) is 69.6 Å². The minimum atomic E-state index is -1.08. The Bertz CT molecular complexity index is 432. The van der Waals surface area contributed by atoms with Crippen LogP contribution in [-0.4, -0.2) is 28.3 Å². The van der Waals surface area contributed by atoms with Crippen LogP contribution in [-0.2, 0) is 6.54 Å². The first-order chi connectivity index (χ1) is 8.35. The summed E-state index contributed by atoms with van der Waals surface area (Å²) in [5, 5.41) is 20.8. The lowest BCUT2D eigenvalue weighted by Gasteiger charge is -2.25.